The number of unbranched alkanes of at least 4 members (excludes halogenated alkanes) is 1. The van der Waals surface area contributed by atoms with Gasteiger partial charge in [-0.25, -0.2) is 0 Å². The number of aromatic nitrogens is 1. The van der Waals surface area contributed by atoms with Gasteiger partial charge in [0.25, 0.3) is 0 Å². The number of aliphatic hydroxyl groups excluding tert-OH is 1. The van der Waals surface area contributed by atoms with Crippen LogP contribution in [-0.4, -0.2) is 16.7 Å². The molecule has 0 aliphatic rings. The van der Waals surface area contributed by atoms with Crippen molar-refractivity contribution in [2.75, 3.05) is 6.61 Å². The zero-order chi connectivity index (χ0) is 20.9. The van der Waals surface area contributed by atoms with Crippen molar-refractivity contribution in [1.29, 1.82) is 0 Å². The Bertz CT molecular complexity index is 929. The molecule has 0 saturated heterocycles. The molecule has 1 N–H and O–H groups in total. The Kier molecular flexibility index (Phi) is 6.71. The Morgan fingerprint density at radius 1 is 1.00 bits per heavy atom. The first-order valence-electron chi connectivity index (χ1n) is 10.4. The molecule has 0 amide bonds. The molecule has 3 nitrogen and oxygen atoms in total. The van der Waals surface area contributed by atoms with E-state index in [1.54, 1.807) is 6.20 Å². The molecule has 1 unspecified atom stereocenters. The summed E-state index contributed by atoms with van der Waals surface area (Å²) in [4.78, 5) is 4.43. The van der Waals surface area contributed by atoms with Crippen molar-refractivity contribution in [3.8, 4) is 17.0 Å². The monoisotopic (exact) mass is 389 g/mol. The molecule has 0 saturated carbocycles. The number of pyridine rings is 1. The van der Waals surface area contributed by atoms with Crippen LogP contribution in [0.2, 0.25) is 0 Å². The van der Waals surface area contributed by atoms with Gasteiger partial charge in [-0.1, -0.05) is 76.6 Å². The van der Waals surface area contributed by atoms with Gasteiger partial charge in [-0.2, -0.15) is 0 Å². The van der Waals surface area contributed by atoms with Crippen molar-refractivity contribution in [3.05, 3.63) is 83.6 Å². The summed E-state index contributed by atoms with van der Waals surface area (Å²) >= 11 is 0. The lowest BCUT2D eigenvalue weighted by atomic mass is 9.84. The van der Waals surface area contributed by atoms with E-state index in [9.17, 15) is 5.11 Å². The van der Waals surface area contributed by atoms with Gasteiger partial charge in [-0.15, -0.1) is 0 Å². The standard InChI is InChI=1S/C26H31NO2/c1-5-6-17-29-25-21(13-10-14-22(25)26(2,3)4)24(28)20-12-9-11-19(18-20)23-15-7-8-16-27-23/h7-16,18,24,28H,5-6,17H2,1-4H3. The zero-order valence-electron chi connectivity index (χ0n) is 17.9. The van der Waals surface area contributed by atoms with E-state index < -0.39 is 6.10 Å². The molecule has 0 fully saturated rings. The lowest BCUT2D eigenvalue weighted by Gasteiger charge is -2.26. The average molecular weight is 390 g/mol. The smallest absolute Gasteiger partial charge is 0.129 e. The van der Waals surface area contributed by atoms with Crippen molar-refractivity contribution in [3.63, 3.8) is 0 Å². The van der Waals surface area contributed by atoms with Crippen LogP contribution in [-0.2, 0) is 5.41 Å². The van der Waals surface area contributed by atoms with Crippen LogP contribution < -0.4 is 4.74 Å². The predicted molar refractivity (Wildman–Crippen MR) is 119 cm³/mol. The third-order valence-corrected chi connectivity index (χ3v) is 5.06. The summed E-state index contributed by atoms with van der Waals surface area (Å²) in [6.07, 6.45) is 3.08. The van der Waals surface area contributed by atoms with Crippen molar-refractivity contribution in [2.24, 2.45) is 0 Å². The Labute approximate surface area is 174 Å². The van der Waals surface area contributed by atoms with E-state index in [-0.39, 0.29) is 5.41 Å². The molecule has 29 heavy (non-hydrogen) atoms. The Hall–Kier alpha value is -2.65. The Morgan fingerprint density at radius 2 is 1.79 bits per heavy atom. The van der Waals surface area contributed by atoms with Gasteiger partial charge in [0.2, 0.25) is 0 Å². The molecular weight excluding hydrogens is 358 g/mol. The fraction of sp³-hybridized carbons (Fsp3) is 0.346. The van der Waals surface area contributed by atoms with Crippen LogP contribution in [0.3, 0.4) is 0 Å². The van der Waals surface area contributed by atoms with Crippen LogP contribution in [0.1, 0.15) is 63.3 Å². The molecule has 0 aliphatic heterocycles. The maximum Gasteiger partial charge on any atom is 0.129 e. The highest BCUT2D eigenvalue weighted by Crippen LogP contribution is 2.39. The predicted octanol–water partition coefficient (Wildman–Crippen LogP) is 6.31. The summed E-state index contributed by atoms with van der Waals surface area (Å²) in [5.74, 6) is 0.809. The molecular formula is C26H31NO2. The van der Waals surface area contributed by atoms with Crippen molar-refractivity contribution >= 4 is 0 Å². The SMILES string of the molecule is CCCCOc1c(C(O)c2cccc(-c3ccccn3)c2)cccc1C(C)(C)C. The number of rotatable bonds is 7. The van der Waals surface area contributed by atoms with Crippen LogP contribution in [0.15, 0.2) is 66.9 Å². The number of hydrogen-bond acceptors (Lipinski definition) is 3. The Morgan fingerprint density at radius 3 is 2.48 bits per heavy atom. The van der Waals surface area contributed by atoms with Crippen LogP contribution >= 0.6 is 0 Å². The first-order valence-corrected chi connectivity index (χ1v) is 10.4. The molecule has 1 aromatic heterocycles. The van der Waals surface area contributed by atoms with Gasteiger partial charge in [-0.05, 0) is 41.2 Å². The third kappa shape index (κ3) is 5.04. The maximum absolute atomic E-state index is 11.3. The van der Waals surface area contributed by atoms with E-state index in [4.69, 9.17) is 4.74 Å². The molecule has 3 aromatic rings. The first kappa shape index (κ1) is 21.1. The molecule has 0 spiro atoms. The maximum atomic E-state index is 11.3. The summed E-state index contributed by atoms with van der Waals surface area (Å²) in [6.45, 7) is 9.32. The number of benzene rings is 2. The number of nitrogens with zero attached hydrogens (tertiary/aromatic N) is 1. The average Bonchev–Trinajstić information content (AvgIpc) is 2.73. The quantitative estimate of drug-likeness (QED) is 0.482. The van der Waals surface area contributed by atoms with E-state index in [2.05, 4.69) is 38.7 Å². The van der Waals surface area contributed by atoms with Crippen molar-refractivity contribution < 1.29 is 9.84 Å². The summed E-state index contributed by atoms with van der Waals surface area (Å²) < 4.78 is 6.22. The third-order valence-electron chi connectivity index (χ3n) is 5.06. The van der Waals surface area contributed by atoms with Crippen molar-refractivity contribution in [2.45, 2.75) is 52.1 Å². The molecule has 0 aliphatic carbocycles. The molecule has 3 heteroatoms. The van der Waals surface area contributed by atoms with Gasteiger partial charge in [0.1, 0.15) is 11.9 Å². The van der Waals surface area contributed by atoms with Gasteiger partial charge in [-0.3, -0.25) is 4.98 Å². The van der Waals surface area contributed by atoms with Crippen LogP contribution in [0.25, 0.3) is 11.3 Å². The summed E-state index contributed by atoms with van der Waals surface area (Å²) in [7, 11) is 0. The van der Waals surface area contributed by atoms with E-state index in [1.165, 1.54) is 0 Å². The van der Waals surface area contributed by atoms with E-state index in [0.717, 1.165) is 46.5 Å². The fourth-order valence-electron chi connectivity index (χ4n) is 3.42. The van der Waals surface area contributed by atoms with Crippen molar-refractivity contribution in [1.82, 2.24) is 4.98 Å². The topological polar surface area (TPSA) is 42.4 Å². The minimum Gasteiger partial charge on any atom is -0.493 e. The lowest BCUT2D eigenvalue weighted by molar-refractivity contribution is 0.209. The van der Waals surface area contributed by atoms with Gasteiger partial charge in [0.15, 0.2) is 0 Å². The second kappa shape index (κ2) is 9.23. The highest BCUT2D eigenvalue weighted by Gasteiger charge is 2.25. The highest BCUT2D eigenvalue weighted by atomic mass is 16.5. The van der Waals surface area contributed by atoms with Gasteiger partial charge in [0, 0.05) is 17.3 Å². The van der Waals surface area contributed by atoms with E-state index in [1.807, 2.05) is 54.6 Å². The number of ether oxygens (including phenoxy) is 1. The van der Waals surface area contributed by atoms with Crippen LogP contribution in [0, 0.1) is 0 Å². The normalized spacial score (nSPS) is 12.6. The molecule has 0 bridgehead atoms. The number of aliphatic hydroxyl groups is 1. The molecule has 152 valence electrons. The summed E-state index contributed by atoms with van der Waals surface area (Å²) in [6, 6.07) is 19.9. The Balaban J connectivity index is 2.01. The largest absolute Gasteiger partial charge is 0.493 e. The molecule has 1 heterocycles. The highest BCUT2D eigenvalue weighted by molar-refractivity contribution is 5.60. The van der Waals surface area contributed by atoms with Gasteiger partial charge >= 0.3 is 0 Å². The molecule has 1 atom stereocenters. The summed E-state index contributed by atoms with van der Waals surface area (Å²) in [5, 5.41) is 11.3. The first-order chi connectivity index (χ1) is 13.9. The minimum atomic E-state index is -0.766. The molecule has 0 radical (unpaired) electrons. The second-order valence-corrected chi connectivity index (χ2v) is 8.42. The van der Waals surface area contributed by atoms with Gasteiger partial charge < -0.3 is 9.84 Å². The second-order valence-electron chi connectivity index (χ2n) is 8.42. The number of hydrogen-bond donors (Lipinski definition) is 1. The zero-order valence-corrected chi connectivity index (χ0v) is 17.9. The van der Waals surface area contributed by atoms with Crippen LogP contribution in [0.5, 0.6) is 5.75 Å². The van der Waals surface area contributed by atoms with Crippen LogP contribution in [0.4, 0.5) is 0 Å². The van der Waals surface area contributed by atoms with E-state index >= 15 is 0 Å². The number of para-hydroxylation sites is 1. The van der Waals surface area contributed by atoms with Gasteiger partial charge in [0.05, 0.1) is 12.3 Å². The summed E-state index contributed by atoms with van der Waals surface area (Å²) in [5.41, 5.74) is 4.57. The minimum absolute atomic E-state index is 0.0763. The lowest BCUT2D eigenvalue weighted by Crippen LogP contribution is -2.16. The fourth-order valence-corrected chi connectivity index (χ4v) is 3.42. The van der Waals surface area contributed by atoms with E-state index in [0.29, 0.717) is 6.61 Å². The molecule has 2 aromatic carbocycles. The molecule has 3 rings (SSSR count).